The largest absolute Gasteiger partial charge is 0.495 e. The first-order chi connectivity index (χ1) is 16.4. The number of likely N-dealkylation sites (N-methyl/N-ethyl adjacent to an activating group) is 1. The van der Waals surface area contributed by atoms with E-state index in [2.05, 4.69) is 48.4 Å². The minimum atomic E-state index is -0.478. The minimum absolute atomic E-state index is 0.152. The molecule has 3 aromatic rings. The van der Waals surface area contributed by atoms with E-state index >= 15 is 0 Å². The van der Waals surface area contributed by atoms with E-state index in [1.807, 2.05) is 30.3 Å². The number of esters is 1. The minimum Gasteiger partial charge on any atom is -0.495 e. The van der Waals surface area contributed by atoms with Gasteiger partial charge >= 0.3 is 5.97 Å². The molecule has 0 atom stereocenters. The Morgan fingerprint density at radius 3 is 2.76 bits per heavy atom. The summed E-state index contributed by atoms with van der Waals surface area (Å²) in [4.78, 5) is 33.5. The number of aromatic nitrogens is 2. The van der Waals surface area contributed by atoms with Crippen LogP contribution in [0.3, 0.4) is 0 Å². The lowest BCUT2D eigenvalue weighted by Gasteiger charge is -2.14. The summed E-state index contributed by atoms with van der Waals surface area (Å²) >= 11 is 3.47. The number of methoxy groups -OCH3 is 1. The SMILES string of the molecule is CCOC(=O)CN(C)C(=O)C#CCNc1cc2c(Nc3cccc(Br)c3)ncnc2cc1OC. The molecule has 0 aliphatic carbocycles. The van der Waals surface area contributed by atoms with E-state index in [-0.39, 0.29) is 19.7 Å². The van der Waals surface area contributed by atoms with Gasteiger partial charge in [0, 0.05) is 28.7 Å². The van der Waals surface area contributed by atoms with Gasteiger partial charge in [-0.05, 0) is 37.1 Å². The predicted molar refractivity (Wildman–Crippen MR) is 134 cm³/mol. The number of benzene rings is 2. The number of hydrogen-bond acceptors (Lipinski definition) is 8. The van der Waals surface area contributed by atoms with Gasteiger partial charge in [-0.3, -0.25) is 9.59 Å². The molecule has 1 heterocycles. The fraction of sp³-hybridized carbons (Fsp3) is 0.250. The zero-order valence-corrected chi connectivity index (χ0v) is 20.6. The lowest BCUT2D eigenvalue weighted by Crippen LogP contribution is -2.32. The molecular formula is C24H24BrN5O4. The Balaban J connectivity index is 1.75. The molecule has 9 nitrogen and oxygen atoms in total. The second-order valence-corrected chi connectivity index (χ2v) is 7.96. The molecule has 0 bridgehead atoms. The van der Waals surface area contributed by atoms with Crippen molar-refractivity contribution in [2.75, 3.05) is 44.5 Å². The molecule has 0 saturated carbocycles. The quantitative estimate of drug-likeness (QED) is 0.339. The van der Waals surface area contributed by atoms with Crippen LogP contribution in [0.2, 0.25) is 0 Å². The number of halogens is 1. The fourth-order valence-corrected chi connectivity index (χ4v) is 3.42. The number of nitrogens with zero attached hydrogens (tertiary/aromatic N) is 3. The molecule has 1 aromatic heterocycles. The number of anilines is 3. The molecule has 0 aliphatic rings. The summed E-state index contributed by atoms with van der Waals surface area (Å²) in [5.74, 6) is 5.53. The van der Waals surface area contributed by atoms with Gasteiger partial charge in [0.05, 0.1) is 31.5 Å². The number of rotatable bonds is 8. The Labute approximate surface area is 206 Å². The molecule has 0 fully saturated rings. The van der Waals surface area contributed by atoms with Crippen LogP contribution in [0.1, 0.15) is 6.92 Å². The number of fused-ring (bicyclic) bond motifs is 1. The molecular weight excluding hydrogens is 502 g/mol. The standard InChI is InChI=1S/C24H24BrN5O4/c1-4-34-23(32)14-30(2)22(31)9-6-10-26-20-12-18-19(13-21(20)33-3)27-15-28-24(18)29-17-8-5-7-16(25)11-17/h5,7-8,11-13,15,26H,4,10,14H2,1-3H3,(H,27,28,29). The third-order valence-electron chi connectivity index (χ3n) is 4.62. The molecule has 10 heteroatoms. The van der Waals surface area contributed by atoms with Crippen LogP contribution < -0.4 is 15.4 Å². The molecule has 0 aliphatic heterocycles. The molecule has 1 amide bonds. The zero-order valence-electron chi connectivity index (χ0n) is 19.0. The Kier molecular flexibility index (Phi) is 8.65. The van der Waals surface area contributed by atoms with Gasteiger partial charge in [-0.2, -0.15) is 0 Å². The predicted octanol–water partition coefficient (Wildman–Crippen LogP) is 3.58. The number of ether oxygens (including phenoxy) is 2. The highest BCUT2D eigenvalue weighted by Crippen LogP contribution is 2.33. The van der Waals surface area contributed by atoms with Crippen LogP contribution in [0.4, 0.5) is 17.2 Å². The van der Waals surface area contributed by atoms with E-state index in [1.165, 1.54) is 18.3 Å². The van der Waals surface area contributed by atoms with Crippen LogP contribution in [0.15, 0.2) is 47.2 Å². The molecule has 2 aromatic carbocycles. The van der Waals surface area contributed by atoms with E-state index in [9.17, 15) is 9.59 Å². The second-order valence-electron chi connectivity index (χ2n) is 7.05. The van der Waals surface area contributed by atoms with Gasteiger partial charge in [-0.15, -0.1) is 0 Å². The van der Waals surface area contributed by atoms with Crippen LogP contribution in [0.5, 0.6) is 5.75 Å². The lowest BCUT2D eigenvalue weighted by atomic mass is 10.2. The van der Waals surface area contributed by atoms with Crippen molar-refractivity contribution in [1.82, 2.24) is 14.9 Å². The summed E-state index contributed by atoms with van der Waals surface area (Å²) in [5.41, 5.74) is 2.25. The number of carbonyl (C=O) groups is 2. The highest BCUT2D eigenvalue weighted by Gasteiger charge is 2.12. The summed E-state index contributed by atoms with van der Waals surface area (Å²) in [6.45, 7) is 2.00. The van der Waals surface area contributed by atoms with Crippen LogP contribution in [-0.4, -0.2) is 60.6 Å². The van der Waals surface area contributed by atoms with Crippen molar-refractivity contribution >= 4 is 55.9 Å². The maximum atomic E-state index is 12.1. The highest BCUT2D eigenvalue weighted by molar-refractivity contribution is 9.10. The average Bonchev–Trinajstić information content (AvgIpc) is 2.81. The van der Waals surface area contributed by atoms with E-state index in [0.717, 1.165) is 15.5 Å². The Hall–Kier alpha value is -3.84. The normalized spacial score (nSPS) is 10.1. The molecule has 0 radical (unpaired) electrons. The number of hydrogen-bond donors (Lipinski definition) is 2. The average molecular weight is 526 g/mol. The Bertz CT molecular complexity index is 1260. The van der Waals surface area contributed by atoms with Gasteiger partial charge in [0.1, 0.15) is 24.4 Å². The monoisotopic (exact) mass is 525 g/mol. The molecule has 0 spiro atoms. The molecule has 2 N–H and O–H groups in total. The maximum Gasteiger partial charge on any atom is 0.325 e. The molecule has 0 saturated heterocycles. The summed E-state index contributed by atoms with van der Waals surface area (Å²) in [7, 11) is 3.06. The zero-order chi connectivity index (χ0) is 24.5. The third-order valence-corrected chi connectivity index (χ3v) is 5.12. The van der Waals surface area contributed by atoms with Gasteiger partial charge in [0.2, 0.25) is 0 Å². The van der Waals surface area contributed by atoms with E-state index in [1.54, 1.807) is 20.1 Å². The van der Waals surface area contributed by atoms with Crippen molar-refractivity contribution in [1.29, 1.82) is 0 Å². The van der Waals surface area contributed by atoms with Crippen LogP contribution >= 0.6 is 15.9 Å². The van der Waals surface area contributed by atoms with Crippen molar-refractivity contribution < 1.29 is 19.1 Å². The number of carbonyl (C=O) groups excluding carboxylic acids is 2. The van der Waals surface area contributed by atoms with E-state index < -0.39 is 11.9 Å². The van der Waals surface area contributed by atoms with Crippen LogP contribution in [0.25, 0.3) is 10.9 Å². The summed E-state index contributed by atoms with van der Waals surface area (Å²) < 4.78 is 11.3. The van der Waals surface area contributed by atoms with E-state index in [4.69, 9.17) is 9.47 Å². The Morgan fingerprint density at radius 2 is 2.03 bits per heavy atom. The first-order valence-electron chi connectivity index (χ1n) is 10.4. The van der Waals surface area contributed by atoms with Gasteiger partial charge in [-0.1, -0.05) is 27.9 Å². The van der Waals surface area contributed by atoms with Crippen molar-refractivity contribution in [2.24, 2.45) is 0 Å². The van der Waals surface area contributed by atoms with Gasteiger partial charge in [0.15, 0.2) is 0 Å². The van der Waals surface area contributed by atoms with Gasteiger partial charge in [0.25, 0.3) is 5.91 Å². The Morgan fingerprint density at radius 1 is 1.21 bits per heavy atom. The smallest absolute Gasteiger partial charge is 0.325 e. The second kappa shape index (κ2) is 11.9. The van der Waals surface area contributed by atoms with Crippen LogP contribution in [-0.2, 0) is 14.3 Å². The molecule has 0 unspecified atom stereocenters. The maximum absolute atomic E-state index is 12.1. The highest BCUT2D eigenvalue weighted by atomic mass is 79.9. The van der Waals surface area contributed by atoms with E-state index in [0.29, 0.717) is 22.8 Å². The number of nitrogens with one attached hydrogen (secondary N) is 2. The molecule has 34 heavy (non-hydrogen) atoms. The van der Waals surface area contributed by atoms with Crippen molar-refractivity contribution in [3.63, 3.8) is 0 Å². The number of amides is 1. The van der Waals surface area contributed by atoms with Crippen molar-refractivity contribution in [2.45, 2.75) is 6.92 Å². The summed E-state index contributed by atoms with van der Waals surface area (Å²) in [6.07, 6.45) is 1.49. The first kappa shape index (κ1) is 24.8. The van der Waals surface area contributed by atoms with Crippen LogP contribution in [0, 0.1) is 11.8 Å². The molecule has 176 valence electrons. The van der Waals surface area contributed by atoms with Gasteiger partial charge < -0.3 is 25.0 Å². The summed E-state index contributed by atoms with van der Waals surface area (Å²) in [6, 6.07) is 11.4. The summed E-state index contributed by atoms with van der Waals surface area (Å²) in [5, 5.41) is 7.25. The lowest BCUT2D eigenvalue weighted by molar-refractivity contribution is -0.146. The molecule has 3 rings (SSSR count). The fourth-order valence-electron chi connectivity index (χ4n) is 3.02. The first-order valence-corrected chi connectivity index (χ1v) is 11.2. The van der Waals surface area contributed by atoms with Crippen molar-refractivity contribution in [3.8, 4) is 17.6 Å². The third kappa shape index (κ3) is 6.59. The topological polar surface area (TPSA) is 106 Å². The van der Waals surface area contributed by atoms with Crippen molar-refractivity contribution in [3.05, 3.63) is 47.2 Å². The van der Waals surface area contributed by atoms with Gasteiger partial charge in [-0.25, -0.2) is 9.97 Å².